The highest BCUT2D eigenvalue weighted by Gasteiger charge is 2.07. The molecule has 1 aliphatic heterocycles. The summed E-state index contributed by atoms with van der Waals surface area (Å²) in [5, 5.41) is 3.10. The summed E-state index contributed by atoms with van der Waals surface area (Å²) in [5.74, 6) is 0.412. The molecule has 168 valence electrons. The maximum Gasteiger partial charge on any atom is 0.244 e. The quantitative estimate of drug-likeness (QED) is 0.466. The summed E-state index contributed by atoms with van der Waals surface area (Å²) in [4.78, 5) is 12.3. The van der Waals surface area contributed by atoms with Crippen LogP contribution in [0, 0.1) is 5.92 Å². The normalized spacial score (nSPS) is 30.1. The molecular formula is C29H41NO. The monoisotopic (exact) mass is 419 g/mol. The minimum atomic E-state index is -0.0677. The first kappa shape index (κ1) is 28.1. The highest BCUT2D eigenvalue weighted by atomic mass is 16.1. The lowest BCUT2D eigenvalue weighted by molar-refractivity contribution is -0.117. The van der Waals surface area contributed by atoms with Crippen LogP contribution in [0.4, 0.5) is 0 Å². The zero-order chi connectivity index (χ0) is 22.0. The average molecular weight is 420 g/mol. The Morgan fingerprint density at radius 3 is 2.45 bits per heavy atom. The fraction of sp³-hybridized carbons (Fsp3) is 0.345. The van der Waals surface area contributed by atoms with Crippen molar-refractivity contribution in [3.8, 4) is 0 Å². The van der Waals surface area contributed by atoms with Gasteiger partial charge in [0, 0.05) is 12.1 Å². The summed E-state index contributed by atoms with van der Waals surface area (Å²) in [5.41, 5.74) is 2.39. The van der Waals surface area contributed by atoms with E-state index < -0.39 is 0 Å². The third kappa shape index (κ3) is 15.6. The average Bonchev–Trinajstić information content (AvgIpc) is 2.72. The Morgan fingerprint density at radius 2 is 1.68 bits per heavy atom. The number of allylic oxidation sites excluding steroid dienone is 15. The molecule has 0 fully saturated rings. The minimum absolute atomic E-state index is 0. The molecule has 2 unspecified atom stereocenters. The van der Waals surface area contributed by atoms with Crippen molar-refractivity contribution in [2.45, 2.75) is 60.4 Å². The van der Waals surface area contributed by atoms with Crippen molar-refractivity contribution < 1.29 is 4.79 Å². The smallest absolute Gasteiger partial charge is 0.244 e. The largest absolute Gasteiger partial charge is 0.349 e. The minimum Gasteiger partial charge on any atom is -0.349 e. The summed E-state index contributed by atoms with van der Waals surface area (Å²) in [6, 6.07) is 0.0600. The lowest BCUT2D eigenvalue weighted by Crippen LogP contribution is -2.32. The van der Waals surface area contributed by atoms with Gasteiger partial charge in [-0.05, 0) is 46.0 Å². The highest BCUT2D eigenvalue weighted by Crippen LogP contribution is 2.09. The van der Waals surface area contributed by atoms with Gasteiger partial charge in [0.15, 0.2) is 0 Å². The van der Waals surface area contributed by atoms with Gasteiger partial charge in [0.1, 0.15) is 0 Å². The van der Waals surface area contributed by atoms with Gasteiger partial charge < -0.3 is 5.32 Å². The van der Waals surface area contributed by atoms with Crippen molar-refractivity contribution in [1.29, 1.82) is 0 Å². The third-order valence-corrected chi connectivity index (χ3v) is 4.56. The van der Waals surface area contributed by atoms with Crippen LogP contribution in [-0.2, 0) is 4.79 Å². The van der Waals surface area contributed by atoms with Gasteiger partial charge in [0.25, 0.3) is 0 Å². The van der Waals surface area contributed by atoms with E-state index in [4.69, 9.17) is 0 Å². The molecule has 1 heterocycles. The third-order valence-electron chi connectivity index (χ3n) is 4.56. The van der Waals surface area contributed by atoms with Crippen LogP contribution in [0.25, 0.3) is 0 Å². The summed E-state index contributed by atoms with van der Waals surface area (Å²) < 4.78 is 0. The molecule has 1 amide bonds. The van der Waals surface area contributed by atoms with Crippen LogP contribution in [0.2, 0.25) is 0 Å². The molecule has 0 aromatic carbocycles. The fourth-order valence-electron chi connectivity index (χ4n) is 2.74. The zero-order valence-corrected chi connectivity index (χ0v) is 18.9. The second-order valence-electron chi connectivity index (χ2n) is 7.59. The second-order valence-corrected chi connectivity index (χ2v) is 7.59. The first-order valence-electron chi connectivity index (χ1n) is 10.8. The van der Waals surface area contributed by atoms with Crippen LogP contribution in [-0.4, -0.2) is 11.9 Å². The zero-order valence-electron chi connectivity index (χ0n) is 18.9. The molecule has 0 aliphatic carbocycles. The molecule has 0 radical (unpaired) electrons. The second kappa shape index (κ2) is 17.9. The SMILES string of the molecule is C.CC=C/C=C/CC1C/C=C/C=C(C)/C=C/C=C\C(C)C/C=C(C)/C=C/C=C/C(=O)N1. The van der Waals surface area contributed by atoms with E-state index in [-0.39, 0.29) is 19.4 Å². The maximum absolute atomic E-state index is 12.3. The Hall–Kier alpha value is -2.87. The van der Waals surface area contributed by atoms with E-state index in [2.05, 4.69) is 80.8 Å². The van der Waals surface area contributed by atoms with Crippen LogP contribution in [0.3, 0.4) is 0 Å². The molecule has 31 heavy (non-hydrogen) atoms. The van der Waals surface area contributed by atoms with Gasteiger partial charge in [-0.2, -0.15) is 0 Å². The van der Waals surface area contributed by atoms with Crippen molar-refractivity contribution in [2.24, 2.45) is 5.92 Å². The molecule has 2 heteroatoms. The Balaban J connectivity index is 0.00000900. The summed E-state index contributed by atoms with van der Waals surface area (Å²) in [7, 11) is 0. The van der Waals surface area contributed by atoms with Crippen molar-refractivity contribution in [3.63, 3.8) is 0 Å². The van der Waals surface area contributed by atoms with Crippen LogP contribution in [0.1, 0.15) is 54.4 Å². The first-order valence-corrected chi connectivity index (χ1v) is 10.8. The number of carbonyl (C=O) groups is 1. The van der Waals surface area contributed by atoms with E-state index in [1.54, 1.807) is 12.2 Å². The number of rotatable bonds is 3. The van der Waals surface area contributed by atoms with E-state index in [0.717, 1.165) is 19.3 Å². The number of nitrogens with one attached hydrogen (secondary N) is 1. The lowest BCUT2D eigenvalue weighted by atomic mass is 10.0. The van der Waals surface area contributed by atoms with Gasteiger partial charge >= 0.3 is 0 Å². The molecule has 0 saturated carbocycles. The van der Waals surface area contributed by atoms with Crippen LogP contribution in [0.5, 0.6) is 0 Å². The molecule has 0 bridgehead atoms. The lowest BCUT2D eigenvalue weighted by Gasteiger charge is -2.14. The molecule has 2 atom stereocenters. The topological polar surface area (TPSA) is 29.1 Å². The maximum atomic E-state index is 12.3. The van der Waals surface area contributed by atoms with Gasteiger partial charge in [-0.3, -0.25) is 4.79 Å². The van der Waals surface area contributed by atoms with E-state index in [0.29, 0.717) is 5.92 Å². The Labute approximate surface area is 190 Å². The number of amides is 1. The van der Waals surface area contributed by atoms with Crippen molar-refractivity contribution >= 4 is 5.91 Å². The van der Waals surface area contributed by atoms with Gasteiger partial charge in [-0.25, -0.2) is 0 Å². The highest BCUT2D eigenvalue weighted by molar-refractivity contribution is 5.88. The molecule has 1 rings (SSSR count). The summed E-state index contributed by atoms with van der Waals surface area (Å²) >= 11 is 0. The van der Waals surface area contributed by atoms with Gasteiger partial charge in [-0.1, -0.05) is 117 Å². The molecule has 0 saturated heterocycles. The standard InChI is InChI=1S/C28H37NO.CH4/c1-5-6-7-8-19-27-20-13-11-16-24(2)15-9-10-17-25(3)22-23-26(4)18-12-14-21-28(30)29-27;/h5-18,21,23,25,27H,19-20,22H2,1-4H3,(H,29,30);1H4/b6-5?,8-7+,13-11+,15-9+,17-10-,18-12+,21-14+,24-16+,26-23+;. The molecule has 0 aromatic heterocycles. The van der Waals surface area contributed by atoms with E-state index >= 15 is 0 Å². The van der Waals surface area contributed by atoms with Crippen molar-refractivity contribution in [3.05, 3.63) is 108 Å². The van der Waals surface area contributed by atoms with E-state index in [9.17, 15) is 4.79 Å². The molecule has 1 N–H and O–H groups in total. The molecular weight excluding hydrogens is 378 g/mol. The van der Waals surface area contributed by atoms with Gasteiger partial charge in [-0.15, -0.1) is 0 Å². The number of carbonyl (C=O) groups excluding carboxylic acids is 1. The molecule has 0 spiro atoms. The Bertz CT molecular complexity index is 782. The van der Waals surface area contributed by atoms with Crippen LogP contribution in [0.15, 0.2) is 108 Å². The summed E-state index contributed by atoms with van der Waals surface area (Å²) in [6.07, 6.45) is 35.0. The van der Waals surface area contributed by atoms with Crippen LogP contribution < -0.4 is 5.32 Å². The number of hydrogen-bond acceptors (Lipinski definition) is 1. The van der Waals surface area contributed by atoms with E-state index in [1.807, 2.05) is 37.3 Å². The molecule has 2 nitrogen and oxygen atoms in total. The first-order chi connectivity index (χ1) is 14.5. The number of hydrogen-bond donors (Lipinski definition) is 1. The predicted molar refractivity (Wildman–Crippen MR) is 139 cm³/mol. The van der Waals surface area contributed by atoms with Crippen molar-refractivity contribution in [1.82, 2.24) is 5.32 Å². The Kier molecular flexibility index (Phi) is 16.3. The van der Waals surface area contributed by atoms with Crippen LogP contribution >= 0.6 is 0 Å². The van der Waals surface area contributed by atoms with Gasteiger partial charge in [0.2, 0.25) is 5.91 Å². The van der Waals surface area contributed by atoms with Gasteiger partial charge in [0.05, 0.1) is 0 Å². The fourth-order valence-corrected chi connectivity index (χ4v) is 2.74. The van der Waals surface area contributed by atoms with Crippen molar-refractivity contribution in [2.75, 3.05) is 0 Å². The van der Waals surface area contributed by atoms with E-state index in [1.165, 1.54) is 11.1 Å². The molecule has 1 aliphatic rings. The molecule has 0 aromatic rings. The summed E-state index contributed by atoms with van der Waals surface area (Å²) in [6.45, 7) is 8.38. The predicted octanol–water partition coefficient (Wildman–Crippen LogP) is 7.73. The Morgan fingerprint density at radius 1 is 0.968 bits per heavy atom.